The van der Waals surface area contributed by atoms with E-state index >= 15 is 0 Å². The lowest BCUT2D eigenvalue weighted by molar-refractivity contribution is 0.158. The fraction of sp³-hybridized carbons (Fsp3) is 0.733. The van der Waals surface area contributed by atoms with E-state index in [-0.39, 0.29) is 0 Å². The molecule has 0 saturated carbocycles. The van der Waals surface area contributed by atoms with Gasteiger partial charge >= 0.3 is 0 Å². The van der Waals surface area contributed by atoms with Gasteiger partial charge in [0.05, 0.1) is 0 Å². The molecule has 0 spiro atoms. The maximum Gasteiger partial charge on any atom is 0.0331 e. The number of hydrogen-bond acceptors (Lipinski definition) is 3. The number of hydrogen-bond donors (Lipinski definition) is 1. The van der Waals surface area contributed by atoms with E-state index in [9.17, 15) is 0 Å². The van der Waals surface area contributed by atoms with Gasteiger partial charge in [-0.15, -0.1) is 11.3 Å². The van der Waals surface area contributed by atoms with Gasteiger partial charge in [-0.05, 0) is 47.3 Å². The predicted molar refractivity (Wildman–Crippen MR) is 87.8 cm³/mol. The SMILES string of the molecule is CC1CCNC(C(C)(C)C)CN1Cc1cc(Br)cs1. The van der Waals surface area contributed by atoms with Gasteiger partial charge in [0.2, 0.25) is 0 Å². The van der Waals surface area contributed by atoms with Crippen molar-refractivity contribution in [3.8, 4) is 0 Å². The van der Waals surface area contributed by atoms with E-state index in [1.165, 1.54) is 15.8 Å². The summed E-state index contributed by atoms with van der Waals surface area (Å²) in [4.78, 5) is 4.09. The second-order valence-electron chi connectivity index (χ2n) is 6.67. The minimum atomic E-state index is 0.318. The molecule has 1 aliphatic heterocycles. The summed E-state index contributed by atoms with van der Waals surface area (Å²) < 4.78 is 1.21. The van der Waals surface area contributed by atoms with Gasteiger partial charge in [0.15, 0.2) is 0 Å². The Balaban J connectivity index is 2.07. The summed E-state index contributed by atoms with van der Waals surface area (Å²) in [5.74, 6) is 0. The van der Waals surface area contributed by atoms with E-state index in [2.05, 4.69) is 65.3 Å². The number of rotatable bonds is 2. The first kappa shape index (κ1) is 15.5. The van der Waals surface area contributed by atoms with Crippen molar-refractivity contribution in [2.24, 2.45) is 5.41 Å². The largest absolute Gasteiger partial charge is 0.312 e. The number of nitrogens with one attached hydrogen (secondary N) is 1. The van der Waals surface area contributed by atoms with Crippen LogP contribution in [-0.2, 0) is 6.54 Å². The van der Waals surface area contributed by atoms with Crippen molar-refractivity contribution in [3.05, 3.63) is 20.8 Å². The lowest BCUT2D eigenvalue weighted by Crippen LogP contribution is -2.46. The smallest absolute Gasteiger partial charge is 0.0331 e. The number of thiophene rings is 1. The van der Waals surface area contributed by atoms with Crippen molar-refractivity contribution in [1.82, 2.24) is 10.2 Å². The van der Waals surface area contributed by atoms with Crippen LogP contribution in [0.25, 0.3) is 0 Å². The van der Waals surface area contributed by atoms with Crippen LogP contribution in [0.2, 0.25) is 0 Å². The van der Waals surface area contributed by atoms with Gasteiger partial charge in [0.1, 0.15) is 0 Å². The zero-order chi connectivity index (χ0) is 14.0. The van der Waals surface area contributed by atoms with Crippen molar-refractivity contribution in [2.75, 3.05) is 13.1 Å². The second kappa shape index (κ2) is 6.25. The summed E-state index contributed by atoms with van der Waals surface area (Å²) in [6.07, 6.45) is 1.24. The van der Waals surface area contributed by atoms with Gasteiger partial charge in [-0.25, -0.2) is 0 Å². The Labute approximate surface area is 129 Å². The molecule has 1 fully saturated rings. The third-order valence-corrected chi connectivity index (χ3v) is 5.70. The topological polar surface area (TPSA) is 15.3 Å². The van der Waals surface area contributed by atoms with Crippen molar-refractivity contribution in [3.63, 3.8) is 0 Å². The Morgan fingerprint density at radius 1 is 1.47 bits per heavy atom. The number of halogens is 1. The van der Waals surface area contributed by atoms with Crippen molar-refractivity contribution in [2.45, 2.75) is 52.7 Å². The van der Waals surface area contributed by atoms with E-state index in [0.29, 0.717) is 17.5 Å². The molecule has 2 rings (SSSR count). The maximum atomic E-state index is 3.73. The third-order valence-electron chi connectivity index (χ3n) is 4.02. The normalized spacial score (nSPS) is 26.4. The lowest BCUT2D eigenvalue weighted by atomic mass is 9.86. The van der Waals surface area contributed by atoms with Gasteiger partial charge < -0.3 is 5.32 Å². The number of nitrogens with zero attached hydrogens (tertiary/aromatic N) is 1. The molecule has 1 saturated heterocycles. The van der Waals surface area contributed by atoms with Crippen LogP contribution >= 0.6 is 27.3 Å². The molecule has 4 heteroatoms. The Kier molecular flexibility index (Phi) is 5.09. The fourth-order valence-corrected chi connectivity index (χ4v) is 4.04. The van der Waals surface area contributed by atoms with Crippen LogP contribution in [0, 0.1) is 5.41 Å². The molecule has 2 nitrogen and oxygen atoms in total. The summed E-state index contributed by atoms with van der Waals surface area (Å²) in [6, 6.07) is 3.48. The van der Waals surface area contributed by atoms with Crippen molar-refractivity contribution in [1.29, 1.82) is 0 Å². The van der Waals surface area contributed by atoms with Crippen LogP contribution in [0.15, 0.2) is 15.9 Å². The fourth-order valence-electron chi connectivity index (χ4n) is 2.57. The van der Waals surface area contributed by atoms with Gasteiger partial charge in [-0.2, -0.15) is 0 Å². The summed E-state index contributed by atoms with van der Waals surface area (Å²) in [5, 5.41) is 5.90. The van der Waals surface area contributed by atoms with E-state index < -0.39 is 0 Å². The highest BCUT2D eigenvalue weighted by Crippen LogP contribution is 2.26. The summed E-state index contributed by atoms with van der Waals surface area (Å²) >= 11 is 5.40. The van der Waals surface area contributed by atoms with E-state index in [0.717, 1.165) is 19.6 Å². The first-order valence-electron chi connectivity index (χ1n) is 7.06. The van der Waals surface area contributed by atoms with Crippen LogP contribution in [0.5, 0.6) is 0 Å². The van der Waals surface area contributed by atoms with E-state index in [1.807, 2.05) is 11.3 Å². The standard InChI is InChI=1S/C15H25BrN2S/c1-11-5-6-17-14(15(2,3)4)9-18(11)8-13-7-12(16)10-19-13/h7,10-11,14,17H,5-6,8-9H2,1-4H3. The zero-order valence-electron chi connectivity index (χ0n) is 12.4. The van der Waals surface area contributed by atoms with Crippen molar-refractivity contribution < 1.29 is 0 Å². The highest BCUT2D eigenvalue weighted by atomic mass is 79.9. The van der Waals surface area contributed by atoms with E-state index in [4.69, 9.17) is 0 Å². The highest BCUT2D eigenvalue weighted by molar-refractivity contribution is 9.10. The summed E-state index contributed by atoms with van der Waals surface area (Å²) in [6.45, 7) is 12.7. The van der Waals surface area contributed by atoms with Crippen LogP contribution < -0.4 is 5.32 Å². The third kappa shape index (κ3) is 4.28. The molecule has 1 aromatic rings. The molecule has 2 unspecified atom stereocenters. The molecular weight excluding hydrogens is 320 g/mol. The van der Waals surface area contributed by atoms with Crippen molar-refractivity contribution >= 4 is 27.3 Å². The Morgan fingerprint density at radius 3 is 2.79 bits per heavy atom. The van der Waals surface area contributed by atoms with Gasteiger partial charge in [0, 0.05) is 39.9 Å². The Bertz CT molecular complexity index is 411. The molecule has 1 N–H and O–H groups in total. The molecule has 1 aromatic heterocycles. The van der Waals surface area contributed by atoms with Gasteiger partial charge in [-0.3, -0.25) is 4.90 Å². The van der Waals surface area contributed by atoms with Crippen LogP contribution in [-0.4, -0.2) is 30.1 Å². The first-order chi connectivity index (χ1) is 8.86. The molecule has 1 aliphatic rings. The molecule has 0 aromatic carbocycles. The molecule has 0 radical (unpaired) electrons. The van der Waals surface area contributed by atoms with E-state index in [1.54, 1.807) is 0 Å². The maximum absolute atomic E-state index is 3.73. The summed E-state index contributed by atoms with van der Waals surface area (Å²) in [7, 11) is 0. The zero-order valence-corrected chi connectivity index (χ0v) is 14.8. The van der Waals surface area contributed by atoms with Gasteiger partial charge in [-0.1, -0.05) is 20.8 Å². The Hall–Kier alpha value is 0.1000. The quantitative estimate of drug-likeness (QED) is 0.868. The Morgan fingerprint density at radius 2 is 2.21 bits per heavy atom. The minimum Gasteiger partial charge on any atom is -0.312 e. The van der Waals surface area contributed by atoms with Crippen LogP contribution in [0.3, 0.4) is 0 Å². The van der Waals surface area contributed by atoms with Gasteiger partial charge in [0.25, 0.3) is 0 Å². The molecule has 2 atom stereocenters. The average molecular weight is 345 g/mol. The monoisotopic (exact) mass is 344 g/mol. The molecular formula is C15H25BrN2S. The first-order valence-corrected chi connectivity index (χ1v) is 8.74. The molecule has 108 valence electrons. The molecule has 19 heavy (non-hydrogen) atoms. The molecule has 0 amide bonds. The van der Waals surface area contributed by atoms with Crippen LogP contribution in [0.1, 0.15) is 39.0 Å². The predicted octanol–water partition coefficient (Wildman–Crippen LogP) is 4.11. The second-order valence-corrected chi connectivity index (χ2v) is 8.58. The van der Waals surface area contributed by atoms with Crippen LogP contribution in [0.4, 0.5) is 0 Å². The minimum absolute atomic E-state index is 0.318. The highest BCUT2D eigenvalue weighted by Gasteiger charge is 2.30. The lowest BCUT2D eigenvalue weighted by Gasteiger charge is -2.35. The molecule has 0 aliphatic carbocycles. The molecule has 2 heterocycles. The average Bonchev–Trinajstić information content (AvgIpc) is 2.60. The summed E-state index contributed by atoms with van der Waals surface area (Å²) in [5.41, 5.74) is 0.318. The molecule has 0 bridgehead atoms.